The van der Waals surface area contributed by atoms with Gasteiger partial charge < -0.3 is 25.3 Å². The lowest BCUT2D eigenvalue weighted by atomic mass is 9.93. The second-order valence-corrected chi connectivity index (χ2v) is 11.8. The molecule has 0 aromatic heterocycles. The second-order valence-electron chi connectivity index (χ2n) is 9.41. The van der Waals surface area contributed by atoms with Crippen LogP contribution < -0.4 is 15.8 Å². The lowest BCUT2D eigenvalue weighted by molar-refractivity contribution is -0.268. The highest BCUT2D eigenvalue weighted by Gasteiger charge is 2.47. The fraction of sp³-hybridized carbons (Fsp3) is 0.708. The highest BCUT2D eigenvalue weighted by molar-refractivity contribution is 7.88. The van der Waals surface area contributed by atoms with Crippen molar-refractivity contribution in [2.24, 2.45) is 5.92 Å². The van der Waals surface area contributed by atoms with Crippen LogP contribution in [-0.4, -0.2) is 94.7 Å². The molecule has 2 aliphatic heterocycles. The van der Waals surface area contributed by atoms with Gasteiger partial charge in [0.1, 0.15) is 5.75 Å². The predicted octanol–water partition coefficient (Wildman–Crippen LogP) is 2.18. The zero-order valence-corrected chi connectivity index (χ0v) is 23.2. The molecule has 1 amide bonds. The van der Waals surface area contributed by atoms with E-state index in [4.69, 9.17) is 31.5 Å². The molecule has 2 saturated heterocycles. The van der Waals surface area contributed by atoms with Gasteiger partial charge in [-0.3, -0.25) is 9.69 Å². The van der Waals surface area contributed by atoms with Crippen molar-refractivity contribution in [1.29, 1.82) is 0 Å². The quantitative estimate of drug-likeness (QED) is 0.338. The molecule has 0 bridgehead atoms. The lowest BCUT2D eigenvalue weighted by Gasteiger charge is -2.48. The Labute approximate surface area is 219 Å². The molecule has 0 saturated carbocycles. The fourth-order valence-corrected chi connectivity index (χ4v) is 6.17. The van der Waals surface area contributed by atoms with Gasteiger partial charge in [0.05, 0.1) is 42.2 Å². The summed E-state index contributed by atoms with van der Waals surface area (Å²) >= 11 is 6.18. The summed E-state index contributed by atoms with van der Waals surface area (Å²) in [4.78, 5) is 15.6. The van der Waals surface area contributed by atoms with E-state index < -0.39 is 21.9 Å². The van der Waals surface area contributed by atoms with Gasteiger partial charge in [0.2, 0.25) is 15.8 Å². The van der Waals surface area contributed by atoms with Crippen LogP contribution >= 0.6 is 11.6 Å². The molecule has 2 heterocycles. The summed E-state index contributed by atoms with van der Waals surface area (Å²) in [6.07, 6.45) is 3.52. The number of rotatable bonds is 10. The minimum absolute atomic E-state index is 0.276. The number of nitrogens with zero attached hydrogens (tertiary/aromatic N) is 2. The number of ether oxygens (including phenoxy) is 3. The number of nitrogens with one attached hydrogen (secondary N) is 1. The van der Waals surface area contributed by atoms with Crippen molar-refractivity contribution in [2.75, 3.05) is 65.0 Å². The van der Waals surface area contributed by atoms with Crippen LogP contribution in [0.3, 0.4) is 0 Å². The van der Waals surface area contributed by atoms with Crippen LogP contribution in [0, 0.1) is 5.92 Å². The average molecular weight is 547 g/mol. The molecule has 0 radical (unpaired) electrons. The van der Waals surface area contributed by atoms with Gasteiger partial charge in [-0.1, -0.05) is 11.6 Å². The number of carbonyl (C=O) groups excluding carboxylic acids is 1. The first-order valence-electron chi connectivity index (χ1n) is 12.4. The number of nitrogen functional groups attached to an aromatic ring is 1. The van der Waals surface area contributed by atoms with Crippen molar-refractivity contribution in [1.82, 2.24) is 14.5 Å². The van der Waals surface area contributed by atoms with E-state index in [1.807, 2.05) is 13.8 Å². The zero-order chi connectivity index (χ0) is 26.5. The van der Waals surface area contributed by atoms with Crippen LogP contribution in [-0.2, 0) is 19.5 Å². The Morgan fingerprint density at radius 1 is 1.17 bits per heavy atom. The first kappa shape index (κ1) is 28.9. The van der Waals surface area contributed by atoms with Crippen LogP contribution in [0.15, 0.2) is 12.1 Å². The van der Waals surface area contributed by atoms with E-state index in [-0.39, 0.29) is 10.9 Å². The Kier molecular flexibility index (Phi) is 9.87. The van der Waals surface area contributed by atoms with Crippen LogP contribution in [0.25, 0.3) is 0 Å². The maximum atomic E-state index is 13.3. The van der Waals surface area contributed by atoms with Gasteiger partial charge in [-0.2, -0.15) is 0 Å². The lowest BCUT2D eigenvalue weighted by Crippen LogP contribution is -2.65. The highest BCUT2D eigenvalue weighted by Crippen LogP contribution is 2.32. The molecule has 0 aliphatic carbocycles. The summed E-state index contributed by atoms with van der Waals surface area (Å²) in [6, 6.07) is 2.65. The van der Waals surface area contributed by atoms with E-state index in [0.717, 1.165) is 25.9 Å². The Morgan fingerprint density at radius 3 is 2.36 bits per heavy atom. The molecular formula is C24H39ClN4O6S. The number of halogens is 1. The van der Waals surface area contributed by atoms with Crippen molar-refractivity contribution >= 4 is 33.2 Å². The average Bonchev–Trinajstić information content (AvgIpc) is 2.82. The number of hydrogen-bond donors (Lipinski definition) is 2. The van der Waals surface area contributed by atoms with E-state index in [1.165, 1.54) is 25.5 Å². The minimum Gasteiger partial charge on any atom is -0.496 e. The van der Waals surface area contributed by atoms with Crippen LogP contribution in [0.2, 0.25) is 5.02 Å². The van der Waals surface area contributed by atoms with Crippen LogP contribution in [0.4, 0.5) is 5.69 Å². The SMILES string of the molecule is CCOC1(OCC)CN(CC2CCN(S(C)(=O)=O)CC2)CCC1NC(=O)c1cc(Cl)c(N)cc1OC. The Balaban J connectivity index is 1.73. The van der Waals surface area contributed by atoms with Gasteiger partial charge in [-0.05, 0) is 45.1 Å². The van der Waals surface area contributed by atoms with E-state index in [1.54, 1.807) is 4.31 Å². The largest absolute Gasteiger partial charge is 0.496 e. The van der Waals surface area contributed by atoms with Crippen molar-refractivity contribution < 1.29 is 27.4 Å². The highest BCUT2D eigenvalue weighted by atomic mass is 35.5. The number of sulfonamides is 1. The Morgan fingerprint density at radius 2 is 1.81 bits per heavy atom. The van der Waals surface area contributed by atoms with Crippen molar-refractivity contribution in [3.8, 4) is 5.75 Å². The number of hydrogen-bond acceptors (Lipinski definition) is 8. The van der Waals surface area contributed by atoms with Gasteiger partial charge in [-0.25, -0.2) is 12.7 Å². The van der Waals surface area contributed by atoms with Gasteiger partial charge >= 0.3 is 0 Å². The summed E-state index contributed by atoms with van der Waals surface area (Å²) in [6.45, 7) is 7.80. The van der Waals surface area contributed by atoms with E-state index in [2.05, 4.69) is 10.2 Å². The van der Waals surface area contributed by atoms with Crippen molar-refractivity contribution in [2.45, 2.75) is 44.9 Å². The smallest absolute Gasteiger partial charge is 0.255 e. The molecule has 3 rings (SSSR count). The molecule has 1 aromatic rings. The molecular weight excluding hydrogens is 508 g/mol. The molecule has 36 heavy (non-hydrogen) atoms. The molecule has 10 nitrogen and oxygen atoms in total. The number of piperidine rings is 2. The Hall–Kier alpha value is -1.63. The van der Waals surface area contributed by atoms with Gasteiger partial charge in [0.15, 0.2) is 0 Å². The first-order valence-corrected chi connectivity index (χ1v) is 14.6. The third-order valence-corrected chi connectivity index (χ3v) is 8.54. The fourth-order valence-electron chi connectivity index (χ4n) is 5.13. The second kappa shape index (κ2) is 12.3. The third kappa shape index (κ3) is 6.81. The standard InChI is InChI=1S/C24H39ClN4O6S/c1-5-34-24(35-6-2)16-28(15-17-7-11-29(12-8-17)36(4,31)32)10-9-22(24)27-23(30)18-13-19(25)20(26)14-21(18)33-3/h13-14,17,22H,5-12,15-16,26H2,1-4H3,(H,27,30). The third-order valence-electron chi connectivity index (χ3n) is 6.91. The minimum atomic E-state index is -3.15. The predicted molar refractivity (Wildman–Crippen MR) is 140 cm³/mol. The first-order chi connectivity index (χ1) is 17.0. The molecule has 1 unspecified atom stereocenters. The monoisotopic (exact) mass is 546 g/mol. The molecule has 1 atom stereocenters. The molecule has 12 heteroatoms. The van der Waals surface area contributed by atoms with E-state index in [0.29, 0.717) is 62.2 Å². The topological polar surface area (TPSA) is 123 Å². The molecule has 0 spiro atoms. The van der Waals surface area contributed by atoms with Crippen LogP contribution in [0.1, 0.15) is 43.5 Å². The van der Waals surface area contributed by atoms with E-state index in [9.17, 15) is 13.2 Å². The summed E-state index contributed by atoms with van der Waals surface area (Å²) in [5.41, 5.74) is 6.49. The number of nitrogens with two attached hydrogens (primary N) is 1. The number of carbonyl (C=O) groups is 1. The maximum Gasteiger partial charge on any atom is 0.255 e. The molecule has 3 N–H and O–H groups in total. The number of anilines is 1. The molecule has 2 fully saturated rings. The Bertz CT molecular complexity index is 1010. The van der Waals surface area contributed by atoms with Crippen molar-refractivity contribution in [3.63, 3.8) is 0 Å². The zero-order valence-electron chi connectivity index (χ0n) is 21.6. The van der Waals surface area contributed by atoms with Gasteiger partial charge in [-0.15, -0.1) is 0 Å². The van der Waals surface area contributed by atoms with E-state index >= 15 is 0 Å². The summed E-state index contributed by atoms with van der Waals surface area (Å²) in [5.74, 6) is -0.638. The normalized spacial score (nSPS) is 21.9. The van der Waals surface area contributed by atoms with Crippen molar-refractivity contribution in [3.05, 3.63) is 22.7 Å². The summed E-state index contributed by atoms with van der Waals surface area (Å²) in [5, 5.41) is 3.37. The molecule has 2 aliphatic rings. The number of amides is 1. The molecule has 204 valence electrons. The number of benzene rings is 1. The summed E-state index contributed by atoms with van der Waals surface area (Å²) in [7, 11) is -1.68. The number of likely N-dealkylation sites (tertiary alicyclic amines) is 1. The number of methoxy groups -OCH3 is 1. The van der Waals surface area contributed by atoms with Gasteiger partial charge in [0, 0.05) is 45.5 Å². The van der Waals surface area contributed by atoms with Crippen LogP contribution in [0.5, 0.6) is 5.75 Å². The van der Waals surface area contributed by atoms with Gasteiger partial charge in [0.25, 0.3) is 5.91 Å². The molecule has 1 aromatic carbocycles. The maximum absolute atomic E-state index is 13.3. The summed E-state index contributed by atoms with van der Waals surface area (Å²) < 4.78 is 43.0.